The molecule has 8 rings (SSSR count). The molecule has 278 valence electrons. The molecule has 54 heavy (non-hydrogen) atoms. The highest BCUT2D eigenvalue weighted by Crippen LogP contribution is 2.41. The van der Waals surface area contributed by atoms with E-state index < -0.39 is 35.3 Å². The molecule has 2 fully saturated rings. The predicted octanol–water partition coefficient (Wildman–Crippen LogP) is 6.21. The number of fused-ring (bicyclic) bond motifs is 1. The Hall–Kier alpha value is -5.21. The van der Waals surface area contributed by atoms with Crippen LogP contribution < -0.4 is 15.9 Å². The molecule has 5 heterocycles. The molecular weight excluding hydrogens is 763 g/mol. The van der Waals surface area contributed by atoms with Gasteiger partial charge >= 0.3 is 11.9 Å². The standard InChI is InChI=1S/C40H37BrF3N7O3/c1-25-19-50-34(20-49(25)37(53)26-10-15-32(41)31(17-26)40(42,43)44)35(36(52)46-18-27-7-3-4-8-30(27)33-9-5-6-16-45-33)51(38(50)54)29-13-11-28(12-14-29)48-23-39(24-48)21-47(2)22-39/h3-17,25H,18-24H2,1-2H3,(H,46,52)/t25-/m1/s1. The maximum atomic E-state index is 14.4. The number of alkyl halides is 3. The topological polar surface area (TPSA) is 95.7 Å². The van der Waals surface area contributed by atoms with Crippen LogP contribution in [0.1, 0.15) is 44.6 Å². The molecule has 10 nitrogen and oxygen atoms in total. The van der Waals surface area contributed by atoms with E-state index in [9.17, 15) is 27.6 Å². The van der Waals surface area contributed by atoms with Crippen LogP contribution in [0.25, 0.3) is 16.9 Å². The van der Waals surface area contributed by atoms with Crippen molar-refractivity contribution in [1.29, 1.82) is 0 Å². The molecule has 14 heteroatoms. The summed E-state index contributed by atoms with van der Waals surface area (Å²) in [4.78, 5) is 53.0. The minimum Gasteiger partial charge on any atom is -0.370 e. The van der Waals surface area contributed by atoms with Gasteiger partial charge in [-0.2, -0.15) is 13.2 Å². The van der Waals surface area contributed by atoms with Gasteiger partial charge in [0.1, 0.15) is 5.69 Å². The number of carbonyl (C=O) groups excluding carboxylic acids is 2. The SMILES string of the molecule is C[C@@H]1Cn2c(c(C(=O)NCc3ccccc3-c3ccccn3)n(-c3ccc(N4CC5(CN(C)C5)C4)cc3)c2=O)CN1C(=O)c1ccc(Br)c(C(F)(F)F)c1. The summed E-state index contributed by atoms with van der Waals surface area (Å²) >= 11 is 2.95. The van der Waals surface area contributed by atoms with Crippen LogP contribution in [0.15, 0.2) is 100 Å². The van der Waals surface area contributed by atoms with Crippen LogP contribution in [0.4, 0.5) is 18.9 Å². The molecule has 0 aliphatic carbocycles. The average molecular weight is 801 g/mol. The van der Waals surface area contributed by atoms with Gasteiger partial charge in [-0.15, -0.1) is 0 Å². The van der Waals surface area contributed by atoms with Gasteiger partial charge in [0.2, 0.25) is 0 Å². The van der Waals surface area contributed by atoms with Gasteiger partial charge in [0.25, 0.3) is 11.8 Å². The number of hydrogen-bond donors (Lipinski definition) is 1. The number of carbonyl (C=O) groups is 2. The Morgan fingerprint density at radius 2 is 1.65 bits per heavy atom. The van der Waals surface area contributed by atoms with Crippen LogP contribution >= 0.6 is 15.9 Å². The smallest absolute Gasteiger partial charge is 0.370 e. The Morgan fingerprint density at radius 1 is 0.944 bits per heavy atom. The van der Waals surface area contributed by atoms with Gasteiger partial charge in [0.05, 0.1) is 29.2 Å². The Kier molecular flexibility index (Phi) is 9.00. The number of likely N-dealkylation sites (tertiary alicyclic amines) is 1. The van der Waals surface area contributed by atoms with Crippen molar-refractivity contribution in [2.24, 2.45) is 5.41 Å². The molecule has 5 aromatic rings. The maximum absolute atomic E-state index is 14.4. The zero-order chi connectivity index (χ0) is 37.9. The summed E-state index contributed by atoms with van der Waals surface area (Å²) in [5.41, 5.74) is 3.00. The van der Waals surface area contributed by atoms with E-state index in [0.29, 0.717) is 11.1 Å². The first kappa shape index (κ1) is 35.8. The molecular formula is C40H37BrF3N7O3. The maximum Gasteiger partial charge on any atom is 0.417 e. The minimum atomic E-state index is -4.68. The van der Waals surface area contributed by atoms with E-state index in [4.69, 9.17) is 0 Å². The molecule has 2 amide bonds. The van der Waals surface area contributed by atoms with E-state index in [1.165, 1.54) is 26.2 Å². The van der Waals surface area contributed by atoms with E-state index in [-0.39, 0.29) is 41.1 Å². The quantitative estimate of drug-likeness (QED) is 0.211. The zero-order valence-electron chi connectivity index (χ0n) is 29.6. The summed E-state index contributed by atoms with van der Waals surface area (Å²) in [7, 11) is 2.12. The molecule has 2 saturated heterocycles. The fourth-order valence-corrected chi connectivity index (χ4v) is 8.64. The number of anilines is 1. The summed E-state index contributed by atoms with van der Waals surface area (Å²) in [5, 5.41) is 3.00. The number of imidazole rings is 1. The monoisotopic (exact) mass is 799 g/mol. The second-order valence-electron chi connectivity index (χ2n) is 14.6. The number of benzene rings is 3. The number of nitrogens with zero attached hydrogens (tertiary/aromatic N) is 6. The van der Waals surface area contributed by atoms with E-state index in [2.05, 4.69) is 43.1 Å². The van der Waals surface area contributed by atoms with Gasteiger partial charge in [-0.1, -0.05) is 46.3 Å². The summed E-state index contributed by atoms with van der Waals surface area (Å²) in [6.45, 7) is 5.77. The van der Waals surface area contributed by atoms with Gasteiger partial charge in [-0.05, 0) is 74.1 Å². The highest BCUT2D eigenvalue weighted by Gasteiger charge is 2.50. The van der Waals surface area contributed by atoms with Gasteiger partial charge in [0.15, 0.2) is 0 Å². The zero-order valence-corrected chi connectivity index (χ0v) is 31.2. The first-order valence-electron chi connectivity index (χ1n) is 17.7. The number of pyridine rings is 1. The Labute approximate surface area is 317 Å². The van der Waals surface area contributed by atoms with E-state index in [1.807, 2.05) is 66.7 Å². The van der Waals surface area contributed by atoms with E-state index >= 15 is 0 Å². The van der Waals surface area contributed by atoms with Crippen LogP contribution in [0.3, 0.4) is 0 Å². The summed E-state index contributed by atoms with van der Waals surface area (Å²) in [6.07, 6.45) is -2.98. The van der Waals surface area contributed by atoms with Gasteiger partial charge in [-0.25, -0.2) is 4.79 Å². The predicted molar refractivity (Wildman–Crippen MR) is 201 cm³/mol. The lowest BCUT2D eigenvalue weighted by Crippen LogP contribution is -2.71. The van der Waals surface area contributed by atoms with Crippen molar-refractivity contribution in [3.63, 3.8) is 0 Å². The number of hydrogen-bond acceptors (Lipinski definition) is 6. The summed E-state index contributed by atoms with van der Waals surface area (Å²) in [5.74, 6) is -1.18. The van der Waals surface area contributed by atoms with Crippen LogP contribution in [-0.4, -0.2) is 75.0 Å². The number of amides is 2. The van der Waals surface area contributed by atoms with Gasteiger partial charge < -0.3 is 20.0 Å². The number of nitrogens with one attached hydrogen (secondary N) is 1. The van der Waals surface area contributed by atoms with E-state index in [0.717, 1.165) is 54.8 Å². The molecule has 1 spiro atoms. The Bertz CT molecular complexity index is 2310. The highest BCUT2D eigenvalue weighted by atomic mass is 79.9. The van der Waals surface area contributed by atoms with Gasteiger partial charge in [0, 0.05) is 78.2 Å². The minimum absolute atomic E-state index is 0.0424. The Morgan fingerprint density at radius 3 is 2.33 bits per heavy atom. The average Bonchev–Trinajstić information content (AvgIpc) is 3.41. The third kappa shape index (κ3) is 6.40. The van der Waals surface area contributed by atoms with Crippen molar-refractivity contribution in [3.05, 3.63) is 134 Å². The number of halogens is 4. The summed E-state index contributed by atoms with van der Waals surface area (Å²) in [6, 6.07) is 23.5. The van der Waals surface area contributed by atoms with Crippen molar-refractivity contribution < 1.29 is 22.8 Å². The third-order valence-electron chi connectivity index (χ3n) is 10.7. The van der Waals surface area contributed by atoms with Crippen LogP contribution in [0.5, 0.6) is 0 Å². The van der Waals surface area contributed by atoms with Gasteiger partial charge in [-0.3, -0.25) is 23.7 Å². The lowest BCUT2D eigenvalue weighted by atomic mass is 9.73. The van der Waals surface area contributed by atoms with Crippen LogP contribution in [0, 0.1) is 5.41 Å². The highest BCUT2D eigenvalue weighted by molar-refractivity contribution is 9.10. The number of aromatic nitrogens is 3. The molecule has 0 radical (unpaired) electrons. The van der Waals surface area contributed by atoms with Crippen LogP contribution in [0.2, 0.25) is 0 Å². The molecule has 3 aliphatic rings. The van der Waals surface area contributed by atoms with Crippen molar-refractivity contribution in [1.82, 2.24) is 29.2 Å². The number of rotatable bonds is 7. The second-order valence-corrected chi connectivity index (χ2v) is 15.5. The van der Waals surface area contributed by atoms with Crippen molar-refractivity contribution in [2.45, 2.75) is 38.8 Å². The normalized spacial score (nSPS) is 17.9. The summed E-state index contributed by atoms with van der Waals surface area (Å²) < 4.78 is 44.1. The lowest BCUT2D eigenvalue weighted by Gasteiger charge is -2.60. The Balaban J connectivity index is 1.14. The molecule has 1 N–H and O–H groups in total. The largest absolute Gasteiger partial charge is 0.417 e. The van der Waals surface area contributed by atoms with Crippen molar-refractivity contribution >= 4 is 33.4 Å². The fourth-order valence-electron chi connectivity index (χ4n) is 8.17. The molecule has 0 bridgehead atoms. The fraction of sp³-hybridized carbons (Fsp3) is 0.300. The third-order valence-corrected chi connectivity index (χ3v) is 11.4. The molecule has 0 saturated carbocycles. The van der Waals surface area contributed by atoms with Crippen molar-refractivity contribution in [3.8, 4) is 16.9 Å². The van der Waals surface area contributed by atoms with E-state index in [1.54, 1.807) is 13.1 Å². The first-order chi connectivity index (χ1) is 25.8. The molecule has 2 aromatic heterocycles. The molecule has 0 unspecified atom stereocenters. The second kappa shape index (κ2) is 13.6. The molecule has 3 aromatic carbocycles. The van der Waals surface area contributed by atoms with Crippen LogP contribution in [-0.2, 0) is 25.8 Å². The lowest BCUT2D eigenvalue weighted by molar-refractivity contribution is -0.138. The molecule has 3 aliphatic heterocycles. The first-order valence-corrected chi connectivity index (χ1v) is 18.4. The molecule has 1 atom stereocenters. The van der Waals surface area contributed by atoms with Crippen molar-refractivity contribution in [2.75, 3.05) is 38.1 Å².